The first-order chi connectivity index (χ1) is 17.2. The molecule has 7 nitrogen and oxygen atoms in total. The number of aromatic nitrogens is 3. The smallest absolute Gasteiger partial charge is 0.419 e. The number of hydrogen-bond acceptors (Lipinski definition) is 5. The van der Waals surface area contributed by atoms with Gasteiger partial charge in [-0.1, -0.05) is 6.92 Å². The third-order valence-electron chi connectivity index (χ3n) is 6.11. The minimum absolute atomic E-state index is 0.175. The molecule has 2 aromatic carbocycles. The lowest BCUT2D eigenvalue weighted by Crippen LogP contribution is -2.31. The molecule has 2 aromatic heterocycles. The van der Waals surface area contributed by atoms with E-state index in [2.05, 4.69) is 27.1 Å². The molecule has 1 aliphatic heterocycles. The summed E-state index contributed by atoms with van der Waals surface area (Å²) in [5.74, 6) is -0.399. The molecule has 0 spiro atoms. The maximum absolute atomic E-state index is 13.5. The fourth-order valence-electron chi connectivity index (χ4n) is 4.21. The van der Waals surface area contributed by atoms with Crippen LogP contribution >= 0.6 is 0 Å². The van der Waals surface area contributed by atoms with Crippen LogP contribution in [0.1, 0.15) is 23.7 Å². The third-order valence-corrected chi connectivity index (χ3v) is 6.11. The molecule has 5 rings (SSSR count). The molecule has 0 atom stereocenters. The van der Waals surface area contributed by atoms with Gasteiger partial charge in [0.15, 0.2) is 0 Å². The molecular weight excluding hydrogens is 478 g/mol. The number of hydrogen-bond donors (Lipinski definition) is 1. The van der Waals surface area contributed by atoms with Gasteiger partial charge < -0.3 is 10.1 Å². The molecule has 0 saturated heterocycles. The molecule has 4 aromatic rings. The number of ether oxygens (including phenoxy) is 1. The highest BCUT2D eigenvalue weighted by Gasteiger charge is 2.34. The fraction of sp³-hybridized carbons (Fsp3) is 0.240. The van der Waals surface area contributed by atoms with Crippen LogP contribution in [0.5, 0.6) is 11.6 Å². The largest absolute Gasteiger partial charge is 0.439 e. The van der Waals surface area contributed by atoms with Crippen LogP contribution in [-0.2, 0) is 19.1 Å². The van der Waals surface area contributed by atoms with Gasteiger partial charge in [0.25, 0.3) is 0 Å². The van der Waals surface area contributed by atoms with E-state index in [0.717, 1.165) is 43.4 Å². The van der Waals surface area contributed by atoms with Crippen LogP contribution in [0.4, 0.5) is 28.0 Å². The maximum atomic E-state index is 13.5. The molecule has 0 saturated carbocycles. The quantitative estimate of drug-likeness (QED) is 0.357. The first-order valence-corrected chi connectivity index (χ1v) is 11.2. The minimum atomic E-state index is -4.88. The maximum Gasteiger partial charge on any atom is 0.419 e. The van der Waals surface area contributed by atoms with Gasteiger partial charge in [0.1, 0.15) is 17.9 Å². The number of nitrogens with one attached hydrogen (secondary N) is 1. The van der Waals surface area contributed by atoms with Crippen molar-refractivity contribution >= 4 is 22.6 Å². The van der Waals surface area contributed by atoms with E-state index >= 15 is 0 Å². The molecule has 36 heavy (non-hydrogen) atoms. The van der Waals surface area contributed by atoms with E-state index in [4.69, 9.17) is 4.74 Å². The number of nitrogens with zero attached hydrogens (tertiary/aromatic N) is 4. The number of amides is 1. The van der Waals surface area contributed by atoms with Crippen LogP contribution < -0.4 is 10.1 Å². The van der Waals surface area contributed by atoms with E-state index in [1.807, 2.05) is 0 Å². The second-order valence-electron chi connectivity index (χ2n) is 8.35. The number of halogens is 4. The molecule has 1 N–H and O–H groups in total. The second-order valence-corrected chi connectivity index (χ2v) is 8.35. The lowest BCUT2D eigenvalue weighted by atomic mass is 10.1. The summed E-state index contributed by atoms with van der Waals surface area (Å²) in [4.78, 5) is 23.7. The number of fused-ring (bicyclic) bond motifs is 2. The first-order valence-electron chi connectivity index (χ1n) is 11.2. The SMILES string of the molecule is CCN1CCc2c(ncnc2Oc2ccc3c(ccn3C(=O)Nc3ccc(F)c(C(F)(F)F)c3)c2)C1. The molecule has 0 bridgehead atoms. The Morgan fingerprint density at radius 2 is 1.97 bits per heavy atom. The number of carbonyl (C=O) groups is 1. The van der Waals surface area contributed by atoms with Gasteiger partial charge in [-0.2, -0.15) is 13.2 Å². The number of anilines is 1. The Bertz CT molecular complexity index is 1450. The van der Waals surface area contributed by atoms with E-state index in [9.17, 15) is 22.4 Å². The molecule has 3 heterocycles. The van der Waals surface area contributed by atoms with Crippen molar-refractivity contribution in [1.82, 2.24) is 19.4 Å². The zero-order chi connectivity index (χ0) is 25.4. The highest BCUT2D eigenvalue weighted by molar-refractivity contribution is 5.98. The summed E-state index contributed by atoms with van der Waals surface area (Å²) in [5.41, 5.74) is 0.795. The zero-order valence-electron chi connectivity index (χ0n) is 19.1. The summed E-state index contributed by atoms with van der Waals surface area (Å²) in [7, 11) is 0. The van der Waals surface area contributed by atoms with Gasteiger partial charge in [0.2, 0.25) is 5.88 Å². The van der Waals surface area contributed by atoms with E-state index in [1.54, 1.807) is 24.3 Å². The number of benzene rings is 2. The Hall–Kier alpha value is -3.99. The van der Waals surface area contributed by atoms with E-state index in [-0.39, 0.29) is 5.69 Å². The number of rotatable bonds is 4. The van der Waals surface area contributed by atoms with Crippen molar-refractivity contribution in [2.45, 2.75) is 26.1 Å². The number of likely N-dealkylation sites (N-methyl/N-ethyl adjacent to an activating group) is 1. The van der Waals surface area contributed by atoms with Crippen molar-refractivity contribution in [3.05, 3.63) is 77.6 Å². The van der Waals surface area contributed by atoms with E-state index in [0.29, 0.717) is 34.7 Å². The molecule has 0 fully saturated rings. The van der Waals surface area contributed by atoms with Crippen LogP contribution in [0.15, 0.2) is 55.0 Å². The molecule has 11 heteroatoms. The normalized spacial score (nSPS) is 14.0. The van der Waals surface area contributed by atoms with Crippen LogP contribution in [0.3, 0.4) is 0 Å². The summed E-state index contributed by atoms with van der Waals surface area (Å²) in [6.07, 6.45) is -1.13. The van der Waals surface area contributed by atoms with Crippen molar-refractivity contribution < 1.29 is 27.1 Å². The second kappa shape index (κ2) is 9.23. The molecule has 0 unspecified atom stereocenters. The van der Waals surface area contributed by atoms with Crippen molar-refractivity contribution in [3.8, 4) is 11.6 Å². The van der Waals surface area contributed by atoms with Gasteiger partial charge in [0.05, 0.1) is 16.8 Å². The van der Waals surface area contributed by atoms with Gasteiger partial charge in [-0.25, -0.2) is 19.2 Å². The molecule has 1 amide bonds. The highest BCUT2D eigenvalue weighted by Crippen LogP contribution is 2.33. The summed E-state index contributed by atoms with van der Waals surface area (Å²) in [6, 6.07) is 8.39. The Morgan fingerprint density at radius 3 is 2.75 bits per heavy atom. The number of carbonyl (C=O) groups excluding carboxylic acids is 1. The summed E-state index contributed by atoms with van der Waals surface area (Å²) < 4.78 is 59.8. The molecular formula is C25H21F4N5O2. The Labute approximate surface area is 203 Å². The van der Waals surface area contributed by atoms with Gasteiger partial charge in [-0.05, 0) is 55.4 Å². The van der Waals surface area contributed by atoms with Crippen LogP contribution in [0, 0.1) is 5.82 Å². The Morgan fingerprint density at radius 1 is 1.14 bits per heavy atom. The van der Waals surface area contributed by atoms with Crippen LogP contribution in [0.25, 0.3) is 10.9 Å². The van der Waals surface area contributed by atoms with Gasteiger partial charge in [0, 0.05) is 35.9 Å². The van der Waals surface area contributed by atoms with Crippen molar-refractivity contribution in [2.75, 3.05) is 18.4 Å². The molecule has 186 valence electrons. The molecule has 0 radical (unpaired) electrons. The average molecular weight is 499 g/mol. The van der Waals surface area contributed by atoms with Gasteiger partial charge in [-0.3, -0.25) is 9.47 Å². The van der Waals surface area contributed by atoms with E-state index < -0.39 is 23.6 Å². The zero-order valence-corrected chi connectivity index (χ0v) is 19.1. The Kier molecular flexibility index (Phi) is 6.09. The molecule has 1 aliphatic rings. The standard InChI is InChI=1S/C25H21F4N5O2/c1-2-33-9-8-18-21(13-33)30-14-31-23(18)36-17-4-6-22-15(11-17)7-10-34(22)24(35)32-16-3-5-20(26)19(12-16)25(27,28)29/h3-7,10-12,14H,2,8-9,13H2,1H3,(H,32,35). The average Bonchev–Trinajstić information content (AvgIpc) is 3.28. The van der Waals surface area contributed by atoms with Gasteiger partial charge >= 0.3 is 12.2 Å². The predicted octanol–water partition coefficient (Wildman–Crippen LogP) is 5.84. The Balaban J connectivity index is 1.36. The van der Waals surface area contributed by atoms with Crippen molar-refractivity contribution in [2.24, 2.45) is 0 Å². The minimum Gasteiger partial charge on any atom is -0.439 e. The summed E-state index contributed by atoms with van der Waals surface area (Å²) in [6.45, 7) is 4.67. The van der Waals surface area contributed by atoms with Crippen LogP contribution in [0.2, 0.25) is 0 Å². The molecule has 0 aliphatic carbocycles. The lowest BCUT2D eigenvalue weighted by Gasteiger charge is -2.27. The van der Waals surface area contributed by atoms with Gasteiger partial charge in [-0.15, -0.1) is 0 Å². The van der Waals surface area contributed by atoms with Crippen molar-refractivity contribution in [1.29, 1.82) is 0 Å². The summed E-state index contributed by atoms with van der Waals surface area (Å²) >= 11 is 0. The lowest BCUT2D eigenvalue weighted by molar-refractivity contribution is -0.139. The number of alkyl halides is 3. The van der Waals surface area contributed by atoms with Crippen molar-refractivity contribution in [3.63, 3.8) is 0 Å². The fourth-order valence-corrected chi connectivity index (χ4v) is 4.21. The summed E-state index contributed by atoms with van der Waals surface area (Å²) in [5, 5.41) is 3.06. The van der Waals surface area contributed by atoms with E-state index in [1.165, 1.54) is 17.1 Å². The highest BCUT2D eigenvalue weighted by atomic mass is 19.4. The topological polar surface area (TPSA) is 72.3 Å². The van der Waals surface area contributed by atoms with Crippen LogP contribution in [-0.4, -0.2) is 38.6 Å². The third kappa shape index (κ3) is 4.61. The monoisotopic (exact) mass is 499 g/mol. The predicted molar refractivity (Wildman–Crippen MR) is 125 cm³/mol. The first kappa shape index (κ1) is 23.7.